The van der Waals surface area contributed by atoms with Crippen molar-refractivity contribution in [3.05, 3.63) is 51.7 Å². The van der Waals surface area contributed by atoms with Crippen molar-refractivity contribution in [3.8, 4) is 0 Å². The zero-order valence-electron chi connectivity index (χ0n) is 20.0. The number of benzene rings is 1. The van der Waals surface area contributed by atoms with Crippen molar-refractivity contribution in [3.63, 3.8) is 0 Å². The number of carbonyl (C=O) groups is 4. The fourth-order valence-electron chi connectivity index (χ4n) is 4.76. The van der Waals surface area contributed by atoms with Crippen molar-refractivity contribution in [2.24, 2.45) is 5.92 Å². The number of amides is 2. The Labute approximate surface area is 221 Å². The van der Waals surface area contributed by atoms with E-state index in [4.69, 9.17) is 0 Å². The fourth-order valence-corrected chi connectivity index (χ4v) is 7.19. The van der Waals surface area contributed by atoms with E-state index in [-0.39, 0.29) is 6.54 Å². The highest BCUT2D eigenvalue weighted by Crippen LogP contribution is 2.35. The number of carboxylic acid groups (broad SMARTS) is 1. The smallest absolute Gasteiger partial charge is 0.328 e. The number of fused-ring (bicyclic) bond motifs is 2. The zero-order chi connectivity index (χ0) is 25.9. The third kappa shape index (κ3) is 5.68. The van der Waals surface area contributed by atoms with Gasteiger partial charge in [-0.05, 0) is 69.0 Å². The summed E-state index contributed by atoms with van der Waals surface area (Å²) in [5, 5.41) is 21.8. The van der Waals surface area contributed by atoms with E-state index in [1.165, 1.54) is 35.5 Å². The first kappa shape index (κ1) is 25.4. The van der Waals surface area contributed by atoms with Gasteiger partial charge in [-0.25, -0.2) is 4.79 Å². The van der Waals surface area contributed by atoms with Crippen molar-refractivity contribution in [1.82, 2.24) is 16.0 Å². The Morgan fingerprint density at radius 3 is 2.62 bits per heavy atom. The minimum Gasteiger partial charge on any atom is -0.480 e. The molecular formula is C26H28N4O5S2. The lowest BCUT2D eigenvalue weighted by molar-refractivity contribution is -0.141. The largest absolute Gasteiger partial charge is 0.480 e. The molecule has 2 aliphatic heterocycles. The molecule has 0 aliphatic carbocycles. The first-order valence-electron chi connectivity index (χ1n) is 12.3. The highest BCUT2D eigenvalue weighted by Gasteiger charge is 2.37. The van der Waals surface area contributed by atoms with Crippen LogP contribution in [-0.2, 0) is 16.0 Å². The van der Waals surface area contributed by atoms with Crippen molar-refractivity contribution in [1.29, 1.82) is 0 Å². The Balaban J connectivity index is 1.15. The number of carboxylic acids is 1. The van der Waals surface area contributed by atoms with E-state index < -0.39 is 35.7 Å². The van der Waals surface area contributed by atoms with E-state index in [2.05, 4.69) is 27.3 Å². The summed E-state index contributed by atoms with van der Waals surface area (Å²) in [7, 11) is 0. The summed E-state index contributed by atoms with van der Waals surface area (Å²) in [5.41, 5.74) is 0.912. The summed E-state index contributed by atoms with van der Waals surface area (Å²) in [6.07, 6.45) is 4.67. The Morgan fingerprint density at radius 1 is 1.11 bits per heavy atom. The van der Waals surface area contributed by atoms with Gasteiger partial charge in [-0.1, -0.05) is 12.1 Å². The maximum Gasteiger partial charge on any atom is 0.328 e. The van der Waals surface area contributed by atoms with E-state index in [1.807, 2.05) is 6.07 Å². The number of anilines is 1. The minimum absolute atomic E-state index is 0.305. The van der Waals surface area contributed by atoms with Gasteiger partial charge in [0.15, 0.2) is 11.8 Å². The number of aliphatic carboxylic acids is 1. The second kappa shape index (κ2) is 11.0. The Hall–Kier alpha value is -3.28. The van der Waals surface area contributed by atoms with Gasteiger partial charge in [0.1, 0.15) is 6.04 Å². The predicted molar refractivity (Wildman–Crippen MR) is 144 cm³/mol. The Bertz CT molecular complexity index is 1310. The summed E-state index contributed by atoms with van der Waals surface area (Å²) in [6.45, 7) is 1.89. The van der Waals surface area contributed by atoms with Gasteiger partial charge >= 0.3 is 5.97 Å². The van der Waals surface area contributed by atoms with Gasteiger partial charge in [0, 0.05) is 28.1 Å². The molecule has 2 unspecified atom stereocenters. The molecule has 5 N–H and O–H groups in total. The standard InChI is InChI=1S/C26H28N4O5S2/c31-22-17-3-1-2-4-18(17)29-21(22)24(33)30-19(25(34)35)13-28-23(32)20-12-15-11-16(36-26(15)37-20)6-5-14-7-9-27-10-8-14/h1-4,11-12,14,19,21,27,29H,5-10,13H2,(H,28,32)(H,30,33)(H,34,35). The molecule has 1 fully saturated rings. The number of Topliss-reactive ketones (excluding diaryl/α,β-unsaturated/α-hetero) is 1. The molecule has 0 spiro atoms. The minimum atomic E-state index is -1.38. The van der Waals surface area contributed by atoms with Crippen LogP contribution in [0.3, 0.4) is 0 Å². The first-order chi connectivity index (χ1) is 17.9. The predicted octanol–water partition coefficient (Wildman–Crippen LogP) is 2.87. The molecule has 0 radical (unpaired) electrons. The quantitative estimate of drug-likeness (QED) is 0.263. The van der Waals surface area contributed by atoms with Crippen molar-refractivity contribution >= 4 is 61.3 Å². The molecule has 1 saturated heterocycles. The van der Waals surface area contributed by atoms with E-state index in [1.54, 1.807) is 35.6 Å². The average molecular weight is 541 g/mol. The number of hydrogen-bond donors (Lipinski definition) is 5. The van der Waals surface area contributed by atoms with Crippen LogP contribution in [-0.4, -0.2) is 60.4 Å². The number of aryl methyl sites for hydroxylation is 1. The maximum atomic E-state index is 12.7. The molecule has 37 heavy (non-hydrogen) atoms. The molecule has 194 valence electrons. The average Bonchev–Trinajstić information content (AvgIpc) is 3.57. The highest BCUT2D eigenvalue weighted by atomic mass is 32.2. The van der Waals surface area contributed by atoms with Crippen LogP contribution in [0.15, 0.2) is 36.4 Å². The molecule has 0 saturated carbocycles. The van der Waals surface area contributed by atoms with Crippen molar-refractivity contribution in [2.75, 3.05) is 25.0 Å². The molecule has 3 aromatic rings. The molecule has 1 aromatic carbocycles. The number of carbonyl (C=O) groups excluding carboxylic acids is 3. The lowest BCUT2D eigenvalue weighted by atomic mass is 9.93. The van der Waals surface area contributed by atoms with Gasteiger partial charge in [0.25, 0.3) is 11.8 Å². The van der Waals surface area contributed by atoms with Crippen LogP contribution in [0.4, 0.5) is 5.69 Å². The number of hydrogen-bond acceptors (Lipinski definition) is 8. The molecule has 2 atom stereocenters. The second-order valence-electron chi connectivity index (χ2n) is 9.39. The van der Waals surface area contributed by atoms with Crippen LogP contribution in [0.25, 0.3) is 9.40 Å². The van der Waals surface area contributed by atoms with Gasteiger partial charge in [0.2, 0.25) is 0 Å². The number of ketones is 1. The number of piperidine rings is 1. The summed E-state index contributed by atoms with van der Waals surface area (Å²) in [4.78, 5) is 51.4. The SMILES string of the molecule is O=C(NCC(NC(=O)C1Nc2ccccc2C1=O)C(=O)O)c1cc2cc(CCC3CCNCC3)sc2s1. The number of thiophene rings is 2. The van der Waals surface area contributed by atoms with Gasteiger partial charge in [-0.15, -0.1) is 22.7 Å². The maximum absolute atomic E-state index is 12.7. The van der Waals surface area contributed by atoms with Gasteiger partial charge in [-0.2, -0.15) is 0 Å². The van der Waals surface area contributed by atoms with Crippen LogP contribution in [0.2, 0.25) is 0 Å². The third-order valence-corrected chi connectivity index (χ3v) is 9.29. The molecular weight excluding hydrogens is 512 g/mol. The summed E-state index contributed by atoms with van der Waals surface area (Å²) < 4.78 is 1.07. The Kier molecular flexibility index (Phi) is 7.54. The van der Waals surface area contributed by atoms with Crippen LogP contribution in [0.5, 0.6) is 0 Å². The Morgan fingerprint density at radius 2 is 1.89 bits per heavy atom. The summed E-state index contributed by atoms with van der Waals surface area (Å²) in [5.74, 6) is -2.11. The van der Waals surface area contributed by atoms with Crippen LogP contribution >= 0.6 is 22.7 Å². The zero-order valence-corrected chi connectivity index (χ0v) is 21.7. The van der Waals surface area contributed by atoms with Gasteiger partial charge < -0.3 is 26.4 Å². The monoisotopic (exact) mass is 540 g/mol. The van der Waals surface area contributed by atoms with E-state index in [0.717, 1.165) is 34.8 Å². The summed E-state index contributed by atoms with van der Waals surface area (Å²) in [6, 6.07) is 8.10. The number of nitrogens with one attached hydrogen (secondary N) is 4. The number of para-hydroxylation sites is 1. The molecule has 11 heteroatoms. The second-order valence-corrected chi connectivity index (χ2v) is 11.8. The molecule has 4 heterocycles. The molecule has 2 aliphatic rings. The molecule has 2 amide bonds. The van der Waals surface area contributed by atoms with Crippen LogP contribution in [0, 0.1) is 5.92 Å². The number of rotatable bonds is 9. The van der Waals surface area contributed by atoms with E-state index in [0.29, 0.717) is 16.1 Å². The van der Waals surface area contributed by atoms with E-state index in [9.17, 15) is 24.3 Å². The summed E-state index contributed by atoms with van der Waals surface area (Å²) >= 11 is 3.09. The molecule has 0 bridgehead atoms. The van der Waals surface area contributed by atoms with Crippen molar-refractivity contribution in [2.45, 2.75) is 37.8 Å². The molecule has 2 aromatic heterocycles. The van der Waals surface area contributed by atoms with Gasteiger partial charge in [0.05, 0.1) is 8.89 Å². The van der Waals surface area contributed by atoms with Crippen LogP contribution < -0.4 is 21.3 Å². The molecule has 9 nitrogen and oxygen atoms in total. The third-order valence-electron chi connectivity index (χ3n) is 6.84. The highest BCUT2D eigenvalue weighted by molar-refractivity contribution is 7.39. The van der Waals surface area contributed by atoms with E-state index >= 15 is 0 Å². The van der Waals surface area contributed by atoms with Gasteiger partial charge in [-0.3, -0.25) is 14.4 Å². The normalized spacial score (nSPS) is 18.3. The first-order valence-corrected chi connectivity index (χ1v) is 14.0. The van der Waals surface area contributed by atoms with Crippen molar-refractivity contribution < 1.29 is 24.3 Å². The lowest BCUT2D eigenvalue weighted by Gasteiger charge is -2.22. The van der Waals surface area contributed by atoms with Crippen LogP contribution in [0.1, 0.15) is 44.2 Å². The fraction of sp³-hybridized carbons (Fsp3) is 0.385. The lowest BCUT2D eigenvalue weighted by Crippen LogP contribution is -2.53. The molecule has 5 rings (SSSR count). The topological polar surface area (TPSA) is 137 Å².